The Labute approximate surface area is 149 Å². The highest BCUT2D eigenvalue weighted by Gasteiger charge is 2.66. The molecule has 0 unspecified atom stereocenters. The number of ether oxygens (including phenoxy) is 1. The lowest BCUT2D eigenvalue weighted by molar-refractivity contribution is -0.179. The third kappa shape index (κ3) is 2.45. The summed E-state index contributed by atoms with van der Waals surface area (Å²) in [6.45, 7) is 2.67. The molecule has 1 aromatic carbocycles. The fourth-order valence-electron chi connectivity index (χ4n) is 5.81. The van der Waals surface area contributed by atoms with Crippen molar-refractivity contribution in [1.82, 2.24) is 10.2 Å². The van der Waals surface area contributed by atoms with Gasteiger partial charge in [-0.2, -0.15) is 0 Å². The molecule has 0 bridgehead atoms. The molecule has 4 aliphatic rings. The molecule has 134 valence electrons. The summed E-state index contributed by atoms with van der Waals surface area (Å²) in [6.07, 6.45) is 8.02. The molecule has 2 aliphatic carbocycles. The van der Waals surface area contributed by atoms with Gasteiger partial charge in [-0.05, 0) is 44.2 Å². The molecule has 2 saturated carbocycles. The fraction of sp³-hybridized carbons (Fsp3) is 0.667. The number of nitrogens with zero attached hydrogens (tertiary/aromatic N) is 1. The monoisotopic (exact) mass is 340 g/mol. The number of carbonyl (C=O) groups is 1. The van der Waals surface area contributed by atoms with Crippen LogP contribution in [0.25, 0.3) is 0 Å². The van der Waals surface area contributed by atoms with Crippen LogP contribution in [0.3, 0.4) is 0 Å². The Morgan fingerprint density at radius 2 is 2.00 bits per heavy atom. The van der Waals surface area contributed by atoms with Crippen molar-refractivity contribution in [2.45, 2.75) is 56.7 Å². The van der Waals surface area contributed by atoms with Crippen molar-refractivity contribution in [2.75, 3.05) is 19.7 Å². The fourth-order valence-corrected chi connectivity index (χ4v) is 5.81. The van der Waals surface area contributed by atoms with Gasteiger partial charge >= 0.3 is 0 Å². The maximum absolute atomic E-state index is 12.8. The van der Waals surface area contributed by atoms with E-state index in [0.717, 1.165) is 31.7 Å². The number of nitrogens with one attached hydrogen (secondary N) is 1. The summed E-state index contributed by atoms with van der Waals surface area (Å²) in [5, 5.41) is 3.98. The molecule has 1 aromatic rings. The van der Waals surface area contributed by atoms with Crippen molar-refractivity contribution in [3.8, 4) is 0 Å². The van der Waals surface area contributed by atoms with E-state index in [4.69, 9.17) is 4.74 Å². The van der Waals surface area contributed by atoms with E-state index in [2.05, 4.69) is 5.32 Å². The van der Waals surface area contributed by atoms with Crippen molar-refractivity contribution < 1.29 is 9.53 Å². The van der Waals surface area contributed by atoms with E-state index < -0.39 is 0 Å². The van der Waals surface area contributed by atoms with Gasteiger partial charge in [0.2, 0.25) is 0 Å². The lowest BCUT2D eigenvalue weighted by Crippen LogP contribution is -2.73. The number of fused-ring (bicyclic) bond motifs is 2. The Kier molecular flexibility index (Phi) is 3.86. The van der Waals surface area contributed by atoms with Crippen LogP contribution in [0.15, 0.2) is 30.3 Å². The van der Waals surface area contributed by atoms with Gasteiger partial charge in [0.1, 0.15) is 0 Å². The van der Waals surface area contributed by atoms with E-state index in [9.17, 15) is 4.79 Å². The predicted molar refractivity (Wildman–Crippen MR) is 96.4 cm³/mol. The molecule has 2 aliphatic heterocycles. The maximum atomic E-state index is 12.8. The summed E-state index contributed by atoms with van der Waals surface area (Å²) in [5.41, 5.74) is 1.24. The molecule has 5 rings (SSSR count). The van der Waals surface area contributed by atoms with Crippen LogP contribution >= 0.6 is 0 Å². The molecule has 4 heteroatoms. The molecule has 2 saturated heterocycles. The number of piperidine rings is 1. The van der Waals surface area contributed by atoms with E-state index in [1.54, 1.807) is 0 Å². The second-order valence-electron chi connectivity index (χ2n) is 8.43. The van der Waals surface area contributed by atoms with Crippen LogP contribution in [0.2, 0.25) is 0 Å². The minimum absolute atomic E-state index is 0.182. The standard InChI is InChI=1S/C21H28N2O2/c24-20(15-6-2-1-3-7-15)23-12-4-8-16(14-23)22-18-17-9-13-25-19(17)21(18)10-5-11-21/h1-3,6-7,16-19,22H,4-5,8-14H2/t16-,17-,18+,19+/m0/s1. The number of amides is 1. The number of hydrogen-bond acceptors (Lipinski definition) is 3. The first-order valence-electron chi connectivity index (χ1n) is 10.00. The van der Waals surface area contributed by atoms with Crippen LogP contribution in [-0.2, 0) is 4.74 Å². The molecular weight excluding hydrogens is 312 g/mol. The summed E-state index contributed by atoms with van der Waals surface area (Å²) in [4.78, 5) is 14.8. The molecule has 4 fully saturated rings. The number of likely N-dealkylation sites (tertiary alicyclic amines) is 1. The summed E-state index contributed by atoms with van der Waals surface area (Å²) < 4.78 is 6.04. The van der Waals surface area contributed by atoms with E-state index in [-0.39, 0.29) is 5.91 Å². The lowest BCUT2D eigenvalue weighted by Gasteiger charge is -2.64. The van der Waals surface area contributed by atoms with Crippen molar-refractivity contribution in [2.24, 2.45) is 11.3 Å². The summed E-state index contributed by atoms with van der Waals surface area (Å²) in [7, 11) is 0. The van der Waals surface area contributed by atoms with E-state index in [0.29, 0.717) is 29.5 Å². The molecule has 2 heterocycles. The van der Waals surface area contributed by atoms with Gasteiger partial charge in [0.05, 0.1) is 6.10 Å². The average molecular weight is 340 g/mol. The highest BCUT2D eigenvalue weighted by molar-refractivity contribution is 5.94. The topological polar surface area (TPSA) is 41.6 Å². The van der Waals surface area contributed by atoms with Crippen LogP contribution in [0.4, 0.5) is 0 Å². The van der Waals surface area contributed by atoms with Gasteiger partial charge in [0.15, 0.2) is 0 Å². The zero-order valence-electron chi connectivity index (χ0n) is 14.8. The zero-order valence-corrected chi connectivity index (χ0v) is 14.8. The third-order valence-electron chi connectivity index (χ3n) is 7.18. The van der Waals surface area contributed by atoms with Crippen LogP contribution in [0.5, 0.6) is 0 Å². The first-order valence-corrected chi connectivity index (χ1v) is 10.00. The maximum Gasteiger partial charge on any atom is 0.253 e. The Balaban J connectivity index is 1.25. The smallest absolute Gasteiger partial charge is 0.253 e. The van der Waals surface area contributed by atoms with Gasteiger partial charge in [-0.3, -0.25) is 4.79 Å². The van der Waals surface area contributed by atoms with Crippen LogP contribution < -0.4 is 5.32 Å². The van der Waals surface area contributed by atoms with E-state index in [1.807, 2.05) is 35.2 Å². The Morgan fingerprint density at radius 1 is 1.16 bits per heavy atom. The first kappa shape index (κ1) is 15.8. The molecule has 1 amide bonds. The second kappa shape index (κ2) is 6.10. The van der Waals surface area contributed by atoms with E-state index >= 15 is 0 Å². The van der Waals surface area contributed by atoms with Gasteiger partial charge in [0, 0.05) is 48.7 Å². The zero-order chi connectivity index (χ0) is 16.9. The Hall–Kier alpha value is -1.39. The molecule has 1 N–H and O–H groups in total. The highest BCUT2D eigenvalue weighted by Crippen LogP contribution is 2.62. The highest BCUT2D eigenvalue weighted by atomic mass is 16.5. The van der Waals surface area contributed by atoms with Gasteiger partial charge in [-0.15, -0.1) is 0 Å². The summed E-state index contributed by atoms with van der Waals surface area (Å²) >= 11 is 0. The minimum Gasteiger partial charge on any atom is -0.377 e. The quantitative estimate of drug-likeness (QED) is 0.920. The molecular formula is C21H28N2O2. The number of rotatable bonds is 3. The molecule has 25 heavy (non-hydrogen) atoms. The van der Waals surface area contributed by atoms with Crippen molar-refractivity contribution in [1.29, 1.82) is 0 Å². The number of hydrogen-bond donors (Lipinski definition) is 1. The minimum atomic E-state index is 0.182. The summed E-state index contributed by atoms with van der Waals surface area (Å²) in [6, 6.07) is 10.8. The van der Waals surface area contributed by atoms with Gasteiger partial charge in [-0.25, -0.2) is 0 Å². The largest absolute Gasteiger partial charge is 0.377 e. The van der Waals surface area contributed by atoms with Crippen molar-refractivity contribution in [3.05, 3.63) is 35.9 Å². The van der Waals surface area contributed by atoms with Crippen molar-refractivity contribution in [3.63, 3.8) is 0 Å². The van der Waals surface area contributed by atoms with Crippen molar-refractivity contribution >= 4 is 5.91 Å². The molecule has 1 spiro atoms. The molecule has 0 aromatic heterocycles. The number of carbonyl (C=O) groups excluding carboxylic acids is 1. The van der Waals surface area contributed by atoms with Crippen LogP contribution in [0, 0.1) is 11.3 Å². The van der Waals surface area contributed by atoms with Crippen LogP contribution in [-0.4, -0.2) is 48.7 Å². The van der Waals surface area contributed by atoms with Gasteiger partial charge in [-0.1, -0.05) is 24.6 Å². The third-order valence-corrected chi connectivity index (χ3v) is 7.18. The van der Waals surface area contributed by atoms with Crippen LogP contribution in [0.1, 0.15) is 48.9 Å². The SMILES string of the molecule is O=C(c1ccccc1)N1CCC[C@H](N[C@@H]2[C@@H]3CCO[C@H]3C23CCC3)C1. The molecule has 4 atom stereocenters. The van der Waals surface area contributed by atoms with E-state index in [1.165, 1.54) is 32.1 Å². The first-order chi connectivity index (χ1) is 12.3. The Bertz CT molecular complexity index is 643. The average Bonchev–Trinajstić information content (AvgIpc) is 3.04. The Morgan fingerprint density at radius 3 is 2.76 bits per heavy atom. The van der Waals surface area contributed by atoms with Gasteiger partial charge in [0.25, 0.3) is 5.91 Å². The molecule has 4 nitrogen and oxygen atoms in total. The normalized spacial score (nSPS) is 35.8. The summed E-state index contributed by atoms with van der Waals surface area (Å²) in [5.74, 6) is 0.890. The lowest BCUT2D eigenvalue weighted by atomic mass is 9.46. The number of benzene rings is 1. The predicted octanol–water partition coefficient (Wildman–Crippen LogP) is 2.84. The molecule has 0 radical (unpaired) electrons. The van der Waals surface area contributed by atoms with Gasteiger partial charge < -0.3 is 15.0 Å². The second-order valence-corrected chi connectivity index (χ2v) is 8.43.